The summed E-state index contributed by atoms with van der Waals surface area (Å²) in [6.07, 6.45) is 4.10. The summed E-state index contributed by atoms with van der Waals surface area (Å²) in [5, 5.41) is 67.1. The van der Waals surface area contributed by atoms with Crippen molar-refractivity contribution in [1.82, 2.24) is 15.2 Å². The van der Waals surface area contributed by atoms with Crippen molar-refractivity contribution in [2.24, 2.45) is 23.2 Å². The molecule has 20 heteroatoms. The highest BCUT2D eigenvalue weighted by atomic mass is 31.2. The Hall–Kier alpha value is -3.42. The van der Waals surface area contributed by atoms with E-state index in [1.54, 1.807) is 45.8 Å². The van der Waals surface area contributed by atoms with Crippen LogP contribution in [-0.4, -0.2) is 159 Å². The average molecular weight is 1010 g/mol. The van der Waals surface area contributed by atoms with Crippen LogP contribution in [0.1, 0.15) is 105 Å². The third-order valence-corrected chi connectivity index (χ3v) is 14.5. The van der Waals surface area contributed by atoms with Crippen LogP contribution in [0.4, 0.5) is 0 Å². The van der Waals surface area contributed by atoms with Crippen molar-refractivity contribution in [3.63, 3.8) is 0 Å². The number of oxazole rings is 1. The summed E-state index contributed by atoms with van der Waals surface area (Å²) >= 11 is 0. The summed E-state index contributed by atoms with van der Waals surface area (Å²) in [5.41, 5.74) is 1.87. The maximum absolute atomic E-state index is 12.6. The number of aromatic nitrogens is 1. The third kappa shape index (κ3) is 16.3. The number of phosphoric ester groups is 1. The Morgan fingerprint density at radius 3 is 2.36 bits per heavy atom. The number of nitriles is 1. The van der Waals surface area contributed by atoms with Crippen molar-refractivity contribution in [1.29, 1.82) is 5.26 Å². The first kappa shape index (κ1) is 60.9. The van der Waals surface area contributed by atoms with Crippen LogP contribution in [0, 0.1) is 34.5 Å². The lowest BCUT2D eigenvalue weighted by atomic mass is 9.72. The van der Waals surface area contributed by atoms with E-state index < -0.39 is 97.7 Å². The summed E-state index contributed by atoms with van der Waals surface area (Å²) in [4.78, 5) is 39.2. The number of aliphatic hydroxyl groups is 5. The molecule has 70 heavy (non-hydrogen) atoms. The smallest absolute Gasteiger partial charge is 0.448 e. The van der Waals surface area contributed by atoms with E-state index >= 15 is 0 Å². The van der Waals surface area contributed by atoms with Crippen molar-refractivity contribution >= 4 is 19.8 Å². The quantitative estimate of drug-likeness (QED) is 0.0355. The summed E-state index contributed by atoms with van der Waals surface area (Å²) in [6, 6.07) is 1.40. The number of allylic oxidation sites excluding steroid dienone is 7. The molecule has 0 bridgehead atoms. The van der Waals surface area contributed by atoms with E-state index in [-0.39, 0.29) is 44.2 Å². The normalized spacial score (nSPS) is 27.6. The molecule has 0 unspecified atom stereocenters. The van der Waals surface area contributed by atoms with Gasteiger partial charge in [0, 0.05) is 68.8 Å². The van der Waals surface area contributed by atoms with Crippen LogP contribution in [0.5, 0.6) is 0 Å². The standard InChI is InChI=1S/C50H81N4O15P/c1-29(20-22-51)16-14-17-30(2)32(4)24-33(5)42(57)35(7)38(55)25-41(65-13)45-46(69-70(61,62)63)49(8,9)50(68-45)26-39(56)34(6)40(67-50)19-15-18-36-27-66-48(53-36)31(3)21-23-52-47(60)44(59)43(58)37(28-64-12)54(10)11/h14-18,20,24,27,31,33-35,37-46,55-59H,19,21,23,25-26,28H2,1-13H3,(H,52,60)(H2,61,62,63)/b16-14+,18-15+,29-20+,30-17-,32-24+/t31-,33+,34-,35-,37-,38-,39+,40-,41-,42+,43-,44-,45+,46-,50+/m1/s1. The Morgan fingerprint density at radius 1 is 1.09 bits per heavy atom. The highest BCUT2D eigenvalue weighted by molar-refractivity contribution is 7.46. The first-order valence-electron chi connectivity index (χ1n) is 23.8. The molecular formula is C50H81N4O15P. The fourth-order valence-corrected chi connectivity index (χ4v) is 9.64. The molecule has 2 aliphatic heterocycles. The molecule has 2 fully saturated rings. The summed E-state index contributed by atoms with van der Waals surface area (Å²) in [6.45, 7) is 16.6. The average Bonchev–Trinajstić information content (AvgIpc) is 3.84. The Bertz CT molecular complexity index is 2080. The van der Waals surface area contributed by atoms with Gasteiger partial charge in [0.2, 0.25) is 0 Å². The molecule has 396 valence electrons. The second-order valence-corrected chi connectivity index (χ2v) is 21.1. The maximum atomic E-state index is 12.6. The van der Waals surface area contributed by atoms with Crippen LogP contribution in [0.15, 0.2) is 63.9 Å². The van der Waals surface area contributed by atoms with E-state index in [1.807, 2.05) is 78.0 Å². The van der Waals surface area contributed by atoms with Crippen molar-refractivity contribution in [2.75, 3.05) is 41.5 Å². The van der Waals surface area contributed by atoms with Gasteiger partial charge in [-0.3, -0.25) is 9.32 Å². The Balaban J connectivity index is 1.74. The van der Waals surface area contributed by atoms with E-state index in [1.165, 1.54) is 26.6 Å². The van der Waals surface area contributed by atoms with E-state index in [0.29, 0.717) is 18.0 Å². The number of rotatable bonds is 26. The van der Waals surface area contributed by atoms with Crippen LogP contribution in [0.25, 0.3) is 6.08 Å². The van der Waals surface area contributed by atoms with Crippen LogP contribution >= 0.6 is 7.82 Å². The third-order valence-electron chi connectivity index (χ3n) is 14.0. The number of carbonyl (C=O) groups excluding carboxylic acids is 1. The SMILES string of the molecule is COC[C@H]([C@@H](O)[C@@H](O)C(=O)NCC[C@@H](C)c1nc(/C=C/C[C@H]2O[C@@]3(C[C@H](O)[C@H]2C)O[C@@H]([C@@H](C[C@@H](O)[C@@H](C)[C@@H](O)[C@@H](C)/C=C(C)/C(C)=C\C=C\C(C)=C\C#N)OC)[C@@H](OP(=O)(O)O)C3(C)C)co1)N(C)C. The predicted octanol–water partition coefficient (Wildman–Crippen LogP) is 4.69. The van der Waals surface area contributed by atoms with Gasteiger partial charge >= 0.3 is 7.82 Å². The van der Waals surface area contributed by atoms with Gasteiger partial charge < -0.3 is 68.9 Å². The fourth-order valence-electron chi connectivity index (χ4n) is 8.96. The second-order valence-electron chi connectivity index (χ2n) is 19.9. The molecule has 1 amide bonds. The number of methoxy groups -OCH3 is 2. The van der Waals surface area contributed by atoms with E-state index in [2.05, 4.69) is 10.3 Å². The number of phosphoric acid groups is 1. The lowest BCUT2D eigenvalue weighted by Gasteiger charge is -2.50. The largest absolute Gasteiger partial charge is 0.469 e. The number of amides is 1. The van der Waals surface area contributed by atoms with E-state index in [4.69, 9.17) is 33.2 Å². The van der Waals surface area contributed by atoms with Gasteiger partial charge in [0.05, 0.1) is 49.2 Å². The topological polar surface area (TPSA) is 287 Å². The van der Waals surface area contributed by atoms with Gasteiger partial charge in [0.1, 0.15) is 30.3 Å². The molecule has 2 saturated heterocycles. The minimum absolute atomic E-state index is 0.0645. The van der Waals surface area contributed by atoms with Crippen molar-refractivity contribution in [3.05, 3.63) is 71.0 Å². The number of carbonyl (C=O) groups is 1. The molecule has 0 aromatic carbocycles. The summed E-state index contributed by atoms with van der Waals surface area (Å²) in [7, 11) is 1.12. The molecule has 19 nitrogen and oxygen atoms in total. The zero-order valence-electron chi connectivity index (χ0n) is 43.1. The van der Waals surface area contributed by atoms with Gasteiger partial charge in [-0.25, -0.2) is 9.55 Å². The van der Waals surface area contributed by atoms with Crippen molar-refractivity contribution in [2.45, 2.75) is 161 Å². The molecule has 1 spiro atoms. The minimum atomic E-state index is -5.15. The molecule has 15 atom stereocenters. The Morgan fingerprint density at radius 2 is 1.76 bits per heavy atom. The molecule has 0 saturated carbocycles. The molecule has 8 N–H and O–H groups in total. The Kier molecular flexibility index (Phi) is 23.5. The van der Waals surface area contributed by atoms with Gasteiger partial charge in [0.25, 0.3) is 5.91 Å². The number of nitrogens with zero attached hydrogens (tertiary/aromatic N) is 3. The maximum Gasteiger partial charge on any atom is 0.469 e. The zero-order chi connectivity index (χ0) is 52.9. The fraction of sp³-hybridized carbons (Fsp3) is 0.700. The molecule has 1 aromatic rings. The number of nitrogens with one attached hydrogen (secondary N) is 1. The van der Waals surface area contributed by atoms with Crippen LogP contribution in [-0.2, 0) is 32.8 Å². The highest BCUT2D eigenvalue weighted by Crippen LogP contribution is 2.59. The van der Waals surface area contributed by atoms with Crippen molar-refractivity contribution in [3.8, 4) is 6.07 Å². The summed E-state index contributed by atoms with van der Waals surface area (Å²) in [5.74, 6) is -3.63. The van der Waals surface area contributed by atoms with Gasteiger partial charge in [-0.2, -0.15) is 5.26 Å². The molecule has 1 aromatic heterocycles. The minimum Gasteiger partial charge on any atom is -0.448 e. The number of hydrogen-bond donors (Lipinski definition) is 8. The lowest BCUT2D eigenvalue weighted by molar-refractivity contribution is -0.334. The number of likely N-dealkylation sites (N-methyl/N-ethyl adjacent to an activating group) is 1. The molecule has 2 aliphatic rings. The first-order chi connectivity index (χ1) is 32.6. The highest BCUT2D eigenvalue weighted by Gasteiger charge is 2.68. The number of ether oxygens (including phenoxy) is 4. The molecule has 0 radical (unpaired) electrons. The van der Waals surface area contributed by atoms with E-state index in [9.17, 15) is 44.7 Å². The second kappa shape index (κ2) is 27.0. The van der Waals surface area contributed by atoms with Gasteiger partial charge in [-0.1, -0.05) is 77.5 Å². The van der Waals surface area contributed by atoms with Crippen LogP contribution < -0.4 is 5.32 Å². The molecule has 3 rings (SSSR count). The van der Waals surface area contributed by atoms with Crippen LogP contribution in [0.2, 0.25) is 0 Å². The predicted molar refractivity (Wildman–Crippen MR) is 262 cm³/mol. The van der Waals surface area contributed by atoms with Gasteiger partial charge in [-0.15, -0.1) is 0 Å². The number of hydrogen-bond acceptors (Lipinski definition) is 16. The van der Waals surface area contributed by atoms with Gasteiger partial charge in [-0.05, 0) is 64.9 Å². The van der Waals surface area contributed by atoms with Crippen molar-refractivity contribution < 1.29 is 72.6 Å². The Labute approximate surface area is 414 Å². The molecular weight excluding hydrogens is 928 g/mol. The molecule has 0 aliphatic carbocycles. The van der Waals surface area contributed by atoms with Crippen LogP contribution in [0.3, 0.4) is 0 Å². The monoisotopic (exact) mass is 1010 g/mol. The summed E-state index contributed by atoms with van der Waals surface area (Å²) < 4.78 is 48.2. The zero-order valence-corrected chi connectivity index (χ0v) is 44.0. The number of aliphatic hydroxyl groups excluding tert-OH is 5. The van der Waals surface area contributed by atoms with Gasteiger partial charge in [0.15, 0.2) is 17.8 Å². The first-order valence-corrected chi connectivity index (χ1v) is 25.4. The molecule has 3 heterocycles. The lowest BCUT2D eigenvalue weighted by Crippen LogP contribution is -2.58. The van der Waals surface area contributed by atoms with E-state index in [0.717, 1.165) is 16.7 Å².